The van der Waals surface area contributed by atoms with Gasteiger partial charge in [0.05, 0.1) is 0 Å². The summed E-state index contributed by atoms with van der Waals surface area (Å²) in [6.45, 7) is 2.04. The molecular formula is C20H22BrN3O4. The first-order valence-electron chi connectivity index (χ1n) is 8.71. The highest BCUT2D eigenvalue weighted by Gasteiger charge is 2.09. The van der Waals surface area contributed by atoms with Gasteiger partial charge in [0.25, 0.3) is 5.91 Å². The molecule has 28 heavy (non-hydrogen) atoms. The number of carbonyl (C=O) groups excluding carboxylic acids is 3. The van der Waals surface area contributed by atoms with Crippen LogP contribution < -0.4 is 20.9 Å². The monoisotopic (exact) mass is 447 g/mol. The van der Waals surface area contributed by atoms with Crippen molar-refractivity contribution in [2.45, 2.75) is 26.3 Å². The van der Waals surface area contributed by atoms with E-state index in [1.165, 1.54) is 0 Å². The second-order valence-corrected chi connectivity index (χ2v) is 6.97. The predicted molar refractivity (Wildman–Crippen MR) is 108 cm³/mol. The second kappa shape index (κ2) is 11.1. The van der Waals surface area contributed by atoms with E-state index < -0.39 is 11.8 Å². The SMILES string of the molecule is Cc1cc(Br)ccc1OCC(=O)NNC(=O)CCC(=O)NCc1ccccc1. The number of benzene rings is 2. The van der Waals surface area contributed by atoms with Crippen LogP contribution in [-0.2, 0) is 20.9 Å². The number of halogens is 1. The Labute approximate surface area is 171 Å². The molecule has 0 aliphatic rings. The summed E-state index contributed by atoms with van der Waals surface area (Å²) >= 11 is 3.35. The maximum absolute atomic E-state index is 11.8. The van der Waals surface area contributed by atoms with Crippen molar-refractivity contribution in [3.05, 3.63) is 64.1 Å². The van der Waals surface area contributed by atoms with Crippen LogP contribution >= 0.6 is 15.9 Å². The van der Waals surface area contributed by atoms with E-state index in [2.05, 4.69) is 32.1 Å². The Bertz CT molecular complexity index is 827. The number of carbonyl (C=O) groups is 3. The van der Waals surface area contributed by atoms with E-state index in [9.17, 15) is 14.4 Å². The van der Waals surface area contributed by atoms with Gasteiger partial charge in [-0.2, -0.15) is 0 Å². The molecule has 0 unspecified atom stereocenters. The molecule has 3 N–H and O–H groups in total. The molecule has 3 amide bonds. The van der Waals surface area contributed by atoms with Gasteiger partial charge >= 0.3 is 0 Å². The fourth-order valence-corrected chi connectivity index (χ4v) is 2.74. The van der Waals surface area contributed by atoms with Gasteiger partial charge in [-0.1, -0.05) is 46.3 Å². The van der Waals surface area contributed by atoms with E-state index in [1.54, 1.807) is 6.07 Å². The lowest BCUT2D eigenvalue weighted by Crippen LogP contribution is -2.44. The Morgan fingerprint density at radius 1 is 0.929 bits per heavy atom. The van der Waals surface area contributed by atoms with Gasteiger partial charge in [0, 0.05) is 23.9 Å². The topological polar surface area (TPSA) is 96.5 Å². The van der Waals surface area contributed by atoms with E-state index in [-0.39, 0.29) is 25.4 Å². The Hall–Kier alpha value is -2.87. The summed E-state index contributed by atoms with van der Waals surface area (Å²) in [6.07, 6.45) is -0.00327. The highest BCUT2D eigenvalue weighted by Crippen LogP contribution is 2.21. The Morgan fingerprint density at radius 2 is 1.61 bits per heavy atom. The third-order valence-corrected chi connectivity index (χ3v) is 4.24. The normalized spacial score (nSPS) is 10.1. The Kier molecular flexibility index (Phi) is 8.48. The van der Waals surface area contributed by atoms with Crippen molar-refractivity contribution in [3.63, 3.8) is 0 Å². The molecule has 2 rings (SSSR count). The van der Waals surface area contributed by atoms with Crippen LogP contribution in [0, 0.1) is 6.92 Å². The van der Waals surface area contributed by atoms with Gasteiger partial charge in [0.1, 0.15) is 5.75 Å². The third kappa shape index (κ3) is 7.79. The van der Waals surface area contributed by atoms with Gasteiger partial charge in [-0.15, -0.1) is 0 Å². The highest BCUT2D eigenvalue weighted by molar-refractivity contribution is 9.10. The zero-order chi connectivity index (χ0) is 20.4. The molecule has 7 nitrogen and oxygen atoms in total. The van der Waals surface area contributed by atoms with Gasteiger partial charge in [-0.3, -0.25) is 25.2 Å². The molecule has 0 atom stereocenters. The highest BCUT2D eigenvalue weighted by atomic mass is 79.9. The molecule has 0 saturated heterocycles. The van der Waals surface area contributed by atoms with E-state index >= 15 is 0 Å². The van der Waals surface area contributed by atoms with Gasteiger partial charge in [0.2, 0.25) is 11.8 Å². The zero-order valence-corrected chi connectivity index (χ0v) is 17.0. The van der Waals surface area contributed by atoms with Crippen molar-refractivity contribution in [2.75, 3.05) is 6.61 Å². The smallest absolute Gasteiger partial charge is 0.276 e. The van der Waals surface area contributed by atoms with Crippen molar-refractivity contribution in [2.24, 2.45) is 0 Å². The minimum atomic E-state index is -0.496. The first-order chi connectivity index (χ1) is 13.4. The number of ether oxygens (including phenoxy) is 1. The van der Waals surface area contributed by atoms with Crippen LogP contribution in [0.15, 0.2) is 53.0 Å². The number of nitrogens with one attached hydrogen (secondary N) is 3. The largest absolute Gasteiger partial charge is 0.483 e. The number of aryl methyl sites for hydroxylation is 1. The minimum absolute atomic E-state index is 0.0309. The third-order valence-electron chi connectivity index (χ3n) is 3.75. The number of hydrazine groups is 1. The van der Waals surface area contributed by atoms with E-state index in [1.807, 2.05) is 49.4 Å². The van der Waals surface area contributed by atoms with E-state index in [0.717, 1.165) is 15.6 Å². The average molecular weight is 448 g/mol. The molecule has 0 fully saturated rings. The molecular weight excluding hydrogens is 426 g/mol. The van der Waals surface area contributed by atoms with Crippen LogP contribution in [0.3, 0.4) is 0 Å². The van der Waals surface area contributed by atoms with Crippen LogP contribution in [0.1, 0.15) is 24.0 Å². The number of rotatable bonds is 8. The zero-order valence-electron chi connectivity index (χ0n) is 15.5. The Morgan fingerprint density at radius 3 is 2.32 bits per heavy atom. The fourth-order valence-electron chi connectivity index (χ4n) is 2.27. The molecule has 0 aliphatic heterocycles. The van der Waals surface area contributed by atoms with Gasteiger partial charge in [0.15, 0.2) is 6.61 Å². The van der Waals surface area contributed by atoms with Crippen molar-refractivity contribution >= 4 is 33.7 Å². The molecule has 0 saturated carbocycles. The van der Waals surface area contributed by atoms with Crippen LogP contribution in [0.2, 0.25) is 0 Å². The van der Waals surface area contributed by atoms with E-state index in [4.69, 9.17) is 4.74 Å². The lowest BCUT2D eigenvalue weighted by Gasteiger charge is -2.10. The predicted octanol–water partition coefficient (Wildman–Crippen LogP) is 2.38. The number of amides is 3. The first-order valence-corrected chi connectivity index (χ1v) is 9.50. The van der Waals surface area contributed by atoms with Gasteiger partial charge in [-0.25, -0.2) is 0 Å². The van der Waals surface area contributed by atoms with Crippen LogP contribution in [0.4, 0.5) is 0 Å². The molecule has 0 bridgehead atoms. The lowest BCUT2D eigenvalue weighted by molar-refractivity contribution is -0.131. The summed E-state index contributed by atoms with van der Waals surface area (Å²) in [5.74, 6) is -0.605. The quantitative estimate of drug-likeness (QED) is 0.541. The number of hydrogen-bond donors (Lipinski definition) is 3. The Balaban J connectivity index is 1.60. The summed E-state index contributed by atoms with van der Waals surface area (Å²) in [6, 6.07) is 14.9. The first kappa shape index (κ1) is 21.4. The molecule has 2 aromatic rings. The van der Waals surface area contributed by atoms with Crippen LogP contribution in [0.5, 0.6) is 5.75 Å². The maximum Gasteiger partial charge on any atom is 0.276 e. The molecule has 8 heteroatoms. The van der Waals surface area contributed by atoms with Crippen LogP contribution in [-0.4, -0.2) is 24.3 Å². The average Bonchev–Trinajstić information content (AvgIpc) is 2.69. The maximum atomic E-state index is 11.8. The molecule has 0 spiro atoms. The molecule has 0 aromatic heterocycles. The summed E-state index contributed by atoms with van der Waals surface area (Å²) in [5, 5.41) is 2.74. The summed E-state index contributed by atoms with van der Waals surface area (Å²) in [4.78, 5) is 35.3. The minimum Gasteiger partial charge on any atom is -0.483 e. The van der Waals surface area contributed by atoms with Gasteiger partial charge in [-0.05, 0) is 36.2 Å². The summed E-state index contributed by atoms with van der Waals surface area (Å²) in [7, 11) is 0. The van der Waals surface area contributed by atoms with Crippen LogP contribution in [0.25, 0.3) is 0 Å². The fraction of sp³-hybridized carbons (Fsp3) is 0.250. The van der Waals surface area contributed by atoms with Crippen molar-refractivity contribution in [3.8, 4) is 5.75 Å². The van der Waals surface area contributed by atoms with Crippen molar-refractivity contribution < 1.29 is 19.1 Å². The van der Waals surface area contributed by atoms with Crippen molar-refractivity contribution in [1.82, 2.24) is 16.2 Å². The summed E-state index contributed by atoms with van der Waals surface area (Å²) in [5.41, 5.74) is 6.39. The molecule has 0 radical (unpaired) electrons. The summed E-state index contributed by atoms with van der Waals surface area (Å²) < 4.78 is 6.33. The van der Waals surface area contributed by atoms with Gasteiger partial charge < -0.3 is 10.1 Å². The second-order valence-electron chi connectivity index (χ2n) is 6.06. The molecule has 2 aromatic carbocycles. The number of hydrogen-bond acceptors (Lipinski definition) is 4. The molecule has 148 valence electrons. The lowest BCUT2D eigenvalue weighted by atomic mass is 10.2. The molecule has 0 aliphatic carbocycles. The van der Waals surface area contributed by atoms with E-state index in [0.29, 0.717) is 12.3 Å². The van der Waals surface area contributed by atoms with Crippen molar-refractivity contribution in [1.29, 1.82) is 0 Å². The molecule has 0 heterocycles. The standard InChI is InChI=1S/C20H22BrN3O4/c1-14-11-16(21)7-8-17(14)28-13-20(27)24-23-19(26)10-9-18(25)22-12-15-5-3-2-4-6-15/h2-8,11H,9-10,12-13H2,1H3,(H,22,25)(H,23,26)(H,24,27).